The molecule has 0 radical (unpaired) electrons. The molecule has 0 bridgehead atoms. The first-order chi connectivity index (χ1) is 10.1. The van der Waals surface area contributed by atoms with Crippen LogP contribution in [-0.4, -0.2) is 18.5 Å². The average Bonchev–Trinajstić information content (AvgIpc) is 3.01. The monoisotopic (exact) mass is 304 g/mol. The molecule has 0 aliphatic rings. The van der Waals surface area contributed by atoms with Gasteiger partial charge in [0, 0.05) is 10.6 Å². The molecule has 3 N–H and O–H groups in total. The summed E-state index contributed by atoms with van der Waals surface area (Å²) >= 11 is 1.43. The normalized spacial score (nSPS) is 11.7. The van der Waals surface area contributed by atoms with Gasteiger partial charge in [-0.2, -0.15) is 0 Å². The standard InChI is InChI=1S/C15H16N2O3S/c1-2-20-15(19)10-5-7-11(8-6-10)17-14(18)13(16)12-4-3-9-21-12/h3-9,13H,2,16H2,1H3,(H,17,18). The summed E-state index contributed by atoms with van der Waals surface area (Å²) in [6.45, 7) is 2.07. The lowest BCUT2D eigenvalue weighted by Gasteiger charge is -2.11. The molecule has 0 fully saturated rings. The maximum Gasteiger partial charge on any atom is 0.338 e. The van der Waals surface area contributed by atoms with Crippen LogP contribution in [0.1, 0.15) is 28.2 Å². The Bertz CT molecular complexity index is 608. The van der Waals surface area contributed by atoms with E-state index in [1.807, 2.05) is 17.5 Å². The molecule has 1 amide bonds. The first kappa shape index (κ1) is 15.2. The molecule has 1 unspecified atom stereocenters. The quantitative estimate of drug-likeness (QED) is 0.832. The molecule has 2 rings (SSSR count). The fraction of sp³-hybridized carbons (Fsp3) is 0.200. The fourth-order valence-corrected chi connectivity index (χ4v) is 2.45. The van der Waals surface area contributed by atoms with E-state index in [2.05, 4.69) is 5.32 Å². The molecule has 0 spiro atoms. The number of anilines is 1. The lowest BCUT2D eigenvalue weighted by atomic mass is 10.2. The lowest BCUT2D eigenvalue weighted by molar-refractivity contribution is -0.117. The van der Waals surface area contributed by atoms with E-state index in [1.165, 1.54) is 11.3 Å². The Morgan fingerprint density at radius 1 is 1.29 bits per heavy atom. The molecule has 1 aromatic carbocycles. The number of amides is 1. The number of thiophene rings is 1. The Morgan fingerprint density at radius 2 is 2.00 bits per heavy atom. The van der Waals surface area contributed by atoms with Crippen LogP contribution in [0.2, 0.25) is 0 Å². The van der Waals surface area contributed by atoms with Crippen molar-refractivity contribution >= 4 is 28.9 Å². The maximum atomic E-state index is 12.0. The number of hydrogen-bond donors (Lipinski definition) is 2. The summed E-state index contributed by atoms with van der Waals surface area (Å²) in [7, 11) is 0. The predicted molar refractivity (Wildman–Crippen MR) is 82.3 cm³/mol. The molecule has 6 heteroatoms. The van der Waals surface area contributed by atoms with Crippen LogP contribution in [0, 0.1) is 0 Å². The van der Waals surface area contributed by atoms with Gasteiger partial charge in [-0.15, -0.1) is 11.3 Å². The molecule has 0 saturated heterocycles. The fourth-order valence-electron chi connectivity index (χ4n) is 1.72. The van der Waals surface area contributed by atoms with Gasteiger partial charge in [-0.05, 0) is 42.6 Å². The number of carbonyl (C=O) groups excluding carboxylic acids is 2. The number of nitrogens with two attached hydrogens (primary N) is 1. The summed E-state index contributed by atoms with van der Waals surface area (Å²) in [5.74, 6) is -0.674. The Labute approximate surface area is 126 Å². The number of ether oxygens (including phenoxy) is 1. The molecular weight excluding hydrogens is 288 g/mol. The van der Waals surface area contributed by atoms with Crippen LogP contribution in [0.4, 0.5) is 5.69 Å². The number of rotatable bonds is 5. The molecule has 21 heavy (non-hydrogen) atoms. The summed E-state index contributed by atoms with van der Waals surface area (Å²) in [5, 5.41) is 4.59. The van der Waals surface area contributed by atoms with Crippen LogP contribution >= 0.6 is 11.3 Å². The lowest BCUT2D eigenvalue weighted by Crippen LogP contribution is -2.26. The third-order valence-corrected chi connectivity index (χ3v) is 3.75. The molecule has 0 saturated carbocycles. The van der Waals surface area contributed by atoms with Crippen molar-refractivity contribution in [3.63, 3.8) is 0 Å². The molecular formula is C15H16N2O3S. The first-order valence-electron chi connectivity index (χ1n) is 6.49. The second kappa shape index (κ2) is 7.01. The van der Waals surface area contributed by atoms with Gasteiger partial charge in [0.1, 0.15) is 6.04 Å². The third-order valence-electron chi connectivity index (χ3n) is 2.80. The van der Waals surface area contributed by atoms with Gasteiger partial charge in [0.25, 0.3) is 0 Å². The summed E-state index contributed by atoms with van der Waals surface area (Å²) in [6, 6.07) is 9.46. The highest BCUT2D eigenvalue weighted by atomic mass is 32.1. The van der Waals surface area contributed by atoms with E-state index in [4.69, 9.17) is 10.5 Å². The van der Waals surface area contributed by atoms with Crippen LogP contribution < -0.4 is 11.1 Å². The number of benzene rings is 1. The largest absolute Gasteiger partial charge is 0.462 e. The van der Waals surface area contributed by atoms with E-state index in [0.29, 0.717) is 17.9 Å². The molecule has 5 nitrogen and oxygen atoms in total. The highest BCUT2D eigenvalue weighted by molar-refractivity contribution is 7.10. The highest BCUT2D eigenvalue weighted by Crippen LogP contribution is 2.19. The van der Waals surface area contributed by atoms with E-state index >= 15 is 0 Å². The SMILES string of the molecule is CCOC(=O)c1ccc(NC(=O)C(N)c2cccs2)cc1. The zero-order valence-electron chi connectivity index (χ0n) is 11.5. The van der Waals surface area contributed by atoms with Gasteiger partial charge in [0.05, 0.1) is 12.2 Å². The van der Waals surface area contributed by atoms with Crippen molar-refractivity contribution in [2.45, 2.75) is 13.0 Å². The highest BCUT2D eigenvalue weighted by Gasteiger charge is 2.16. The van der Waals surface area contributed by atoms with Crippen molar-refractivity contribution < 1.29 is 14.3 Å². The molecule has 1 atom stereocenters. The Hall–Kier alpha value is -2.18. The first-order valence-corrected chi connectivity index (χ1v) is 7.37. The van der Waals surface area contributed by atoms with Crippen molar-refractivity contribution in [3.8, 4) is 0 Å². The van der Waals surface area contributed by atoms with E-state index in [-0.39, 0.29) is 11.9 Å². The van der Waals surface area contributed by atoms with Crippen molar-refractivity contribution in [1.82, 2.24) is 0 Å². The molecule has 1 heterocycles. The Kier molecular flexibility index (Phi) is 5.08. The smallest absolute Gasteiger partial charge is 0.338 e. The van der Waals surface area contributed by atoms with Crippen molar-refractivity contribution in [3.05, 3.63) is 52.2 Å². The molecule has 0 aliphatic heterocycles. The van der Waals surface area contributed by atoms with E-state index in [1.54, 1.807) is 31.2 Å². The summed E-state index contributed by atoms with van der Waals surface area (Å²) in [5.41, 5.74) is 6.90. The van der Waals surface area contributed by atoms with Gasteiger partial charge in [-0.3, -0.25) is 4.79 Å². The molecule has 0 aliphatic carbocycles. The molecule has 110 valence electrons. The minimum Gasteiger partial charge on any atom is -0.462 e. The van der Waals surface area contributed by atoms with Crippen molar-refractivity contribution in [2.75, 3.05) is 11.9 Å². The van der Waals surface area contributed by atoms with Gasteiger partial charge in [-0.25, -0.2) is 4.79 Å². The third kappa shape index (κ3) is 3.90. The van der Waals surface area contributed by atoms with E-state index in [0.717, 1.165) is 4.88 Å². The second-order valence-electron chi connectivity index (χ2n) is 4.28. The summed E-state index contributed by atoms with van der Waals surface area (Å²) in [4.78, 5) is 24.3. The van der Waals surface area contributed by atoms with Crippen LogP contribution in [-0.2, 0) is 9.53 Å². The van der Waals surface area contributed by atoms with Crippen molar-refractivity contribution in [2.24, 2.45) is 5.73 Å². The van der Waals surface area contributed by atoms with Gasteiger partial charge in [0.15, 0.2) is 0 Å². The van der Waals surface area contributed by atoms with Gasteiger partial charge >= 0.3 is 5.97 Å². The Morgan fingerprint density at radius 3 is 2.57 bits per heavy atom. The topological polar surface area (TPSA) is 81.4 Å². The minimum absolute atomic E-state index is 0.290. The number of nitrogens with one attached hydrogen (secondary N) is 1. The van der Waals surface area contributed by atoms with Gasteiger partial charge in [-0.1, -0.05) is 6.07 Å². The van der Waals surface area contributed by atoms with E-state index < -0.39 is 6.04 Å². The zero-order chi connectivity index (χ0) is 15.2. The average molecular weight is 304 g/mol. The zero-order valence-corrected chi connectivity index (χ0v) is 12.4. The predicted octanol–water partition coefficient (Wildman–Crippen LogP) is 2.56. The van der Waals surface area contributed by atoms with Crippen molar-refractivity contribution in [1.29, 1.82) is 0 Å². The van der Waals surface area contributed by atoms with Gasteiger partial charge < -0.3 is 15.8 Å². The van der Waals surface area contributed by atoms with E-state index in [9.17, 15) is 9.59 Å². The maximum absolute atomic E-state index is 12.0. The number of hydrogen-bond acceptors (Lipinski definition) is 5. The van der Waals surface area contributed by atoms with Gasteiger partial charge in [0.2, 0.25) is 5.91 Å². The Balaban J connectivity index is 2.00. The molecule has 1 aromatic heterocycles. The minimum atomic E-state index is -0.699. The number of esters is 1. The second-order valence-corrected chi connectivity index (χ2v) is 5.26. The summed E-state index contributed by atoms with van der Waals surface area (Å²) < 4.78 is 4.89. The van der Waals surface area contributed by atoms with Crippen LogP contribution in [0.3, 0.4) is 0 Å². The summed E-state index contributed by atoms with van der Waals surface area (Å²) in [6.07, 6.45) is 0. The van der Waals surface area contributed by atoms with Crippen LogP contribution in [0.5, 0.6) is 0 Å². The van der Waals surface area contributed by atoms with Crippen LogP contribution in [0.15, 0.2) is 41.8 Å². The molecule has 2 aromatic rings. The number of carbonyl (C=O) groups is 2. The van der Waals surface area contributed by atoms with Crippen LogP contribution in [0.25, 0.3) is 0 Å².